The van der Waals surface area contributed by atoms with Crippen LogP contribution < -0.4 is 5.32 Å². The van der Waals surface area contributed by atoms with Crippen molar-refractivity contribution in [1.29, 1.82) is 0 Å². The Kier molecular flexibility index (Phi) is 8.09. The summed E-state index contributed by atoms with van der Waals surface area (Å²) in [4.78, 5) is 38.7. The number of amides is 2. The predicted octanol–water partition coefficient (Wildman–Crippen LogP) is 4.41. The number of thiazole rings is 1. The molecule has 10 heteroatoms. The minimum atomic E-state index is -0.772. The summed E-state index contributed by atoms with van der Waals surface area (Å²) in [5.74, 6) is -0.610. The largest absolute Gasteiger partial charge is 0.391 e. The van der Waals surface area contributed by atoms with Crippen molar-refractivity contribution in [2.24, 2.45) is 5.92 Å². The van der Waals surface area contributed by atoms with E-state index in [1.54, 1.807) is 28.4 Å². The molecule has 9 nitrogen and oxygen atoms in total. The van der Waals surface area contributed by atoms with Crippen molar-refractivity contribution in [3.05, 3.63) is 77.8 Å². The monoisotopic (exact) mass is 558 g/mol. The number of aryl methyl sites for hydroxylation is 1. The Morgan fingerprint density at radius 2 is 1.85 bits per heavy atom. The van der Waals surface area contributed by atoms with Gasteiger partial charge in [-0.1, -0.05) is 44.2 Å². The van der Waals surface area contributed by atoms with Crippen LogP contribution >= 0.6 is 11.3 Å². The Balaban J connectivity index is 1.30. The molecular formula is C30H34N6O3S. The number of carbonyl (C=O) groups excluding carboxylic acids is 2. The molecule has 40 heavy (non-hydrogen) atoms. The molecule has 1 saturated heterocycles. The van der Waals surface area contributed by atoms with Gasteiger partial charge in [0, 0.05) is 30.9 Å². The second-order valence-electron chi connectivity index (χ2n) is 10.6. The van der Waals surface area contributed by atoms with Gasteiger partial charge in [0.15, 0.2) is 0 Å². The van der Waals surface area contributed by atoms with Crippen molar-refractivity contribution >= 4 is 23.2 Å². The highest BCUT2D eigenvalue weighted by molar-refractivity contribution is 7.13. The predicted molar refractivity (Wildman–Crippen MR) is 154 cm³/mol. The van der Waals surface area contributed by atoms with Gasteiger partial charge >= 0.3 is 0 Å². The first kappa shape index (κ1) is 27.7. The molecule has 1 fully saturated rings. The molecule has 2 N–H and O–H groups in total. The van der Waals surface area contributed by atoms with E-state index >= 15 is 0 Å². The Bertz CT molecular complexity index is 1470. The molecular weight excluding hydrogens is 524 g/mol. The Morgan fingerprint density at radius 1 is 1.07 bits per heavy atom. The highest BCUT2D eigenvalue weighted by Gasteiger charge is 2.42. The number of aliphatic hydroxyl groups excluding tert-OH is 1. The van der Waals surface area contributed by atoms with Crippen LogP contribution in [0.3, 0.4) is 0 Å². The van der Waals surface area contributed by atoms with E-state index in [9.17, 15) is 14.7 Å². The molecule has 4 atom stereocenters. The van der Waals surface area contributed by atoms with E-state index < -0.39 is 18.2 Å². The number of likely N-dealkylation sites (tertiary alicyclic amines) is 1. The summed E-state index contributed by atoms with van der Waals surface area (Å²) in [7, 11) is 0. The molecule has 0 saturated carbocycles. The van der Waals surface area contributed by atoms with Gasteiger partial charge in [0.1, 0.15) is 12.1 Å². The smallest absolute Gasteiger partial charge is 0.248 e. The van der Waals surface area contributed by atoms with Crippen molar-refractivity contribution in [2.45, 2.75) is 58.3 Å². The van der Waals surface area contributed by atoms with Crippen molar-refractivity contribution in [3.63, 3.8) is 0 Å². The Labute approximate surface area is 237 Å². The summed E-state index contributed by atoms with van der Waals surface area (Å²) < 4.78 is 1.64. The van der Waals surface area contributed by atoms with Crippen LogP contribution in [0.1, 0.15) is 50.5 Å². The maximum Gasteiger partial charge on any atom is 0.248 e. The van der Waals surface area contributed by atoms with Crippen molar-refractivity contribution in [2.75, 3.05) is 6.54 Å². The molecule has 208 valence electrons. The van der Waals surface area contributed by atoms with Crippen LogP contribution in [0.2, 0.25) is 0 Å². The standard InChI is InChI=1S/C30H34N6O3S/c1-18(2)27(36-15-23(14-33-36)25-7-5-6-12-31-25)30(39)35-16-24(37)13-26(35)29(38)34-19(3)21-8-10-22(11-9-21)28-20(4)32-17-40-28/h5-12,14-15,17-19,24,26-27,37H,13,16H2,1-4H3,(H,34,38)/t19-,24+,26-,27-/m0/s1. The van der Waals surface area contributed by atoms with Crippen LogP contribution in [0.5, 0.6) is 0 Å². The zero-order valence-electron chi connectivity index (χ0n) is 23.1. The van der Waals surface area contributed by atoms with Gasteiger partial charge in [0.2, 0.25) is 11.8 Å². The lowest BCUT2D eigenvalue weighted by Crippen LogP contribution is -2.49. The number of rotatable bonds is 8. The van der Waals surface area contributed by atoms with Crippen LogP contribution in [0.4, 0.5) is 0 Å². The molecule has 3 aromatic heterocycles. The number of nitrogens with zero attached hydrogens (tertiary/aromatic N) is 5. The fraction of sp³-hybridized carbons (Fsp3) is 0.367. The lowest BCUT2D eigenvalue weighted by atomic mass is 10.0. The second-order valence-corrected chi connectivity index (χ2v) is 11.5. The number of β-amino-alcohol motifs (C(OH)–C–C–N with tert-alkyl or cyclic N) is 1. The van der Waals surface area contributed by atoms with E-state index in [0.717, 1.165) is 33.0 Å². The first-order valence-electron chi connectivity index (χ1n) is 13.5. The zero-order chi connectivity index (χ0) is 28.4. The van der Waals surface area contributed by atoms with E-state index in [2.05, 4.69) is 20.4 Å². The summed E-state index contributed by atoms with van der Waals surface area (Å²) >= 11 is 1.60. The Morgan fingerprint density at radius 3 is 2.50 bits per heavy atom. The molecule has 0 radical (unpaired) electrons. The van der Waals surface area contributed by atoms with Crippen LogP contribution in [0.25, 0.3) is 21.7 Å². The number of aromatic nitrogens is 4. The maximum atomic E-state index is 13.9. The summed E-state index contributed by atoms with van der Waals surface area (Å²) in [5.41, 5.74) is 6.44. The summed E-state index contributed by atoms with van der Waals surface area (Å²) in [6, 6.07) is 12.0. The van der Waals surface area contributed by atoms with Gasteiger partial charge < -0.3 is 15.3 Å². The van der Waals surface area contributed by atoms with E-state index in [0.29, 0.717) is 0 Å². The van der Waals surface area contributed by atoms with E-state index in [-0.39, 0.29) is 36.7 Å². The summed E-state index contributed by atoms with van der Waals surface area (Å²) in [6.45, 7) is 7.91. The highest BCUT2D eigenvalue weighted by atomic mass is 32.1. The number of carbonyl (C=O) groups is 2. The van der Waals surface area contributed by atoms with E-state index in [4.69, 9.17) is 0 Å². The minimum Gasteiger partial charge on any atom is -0.391 e. The number of aliphatic hydroxyl groups is 1. The number of hydrogen-bond acceptors (Lipinski definition) is 7. The van der Waals surface area contributed by atoms with Crippen LogP contribution in [0.15, 0.2) is 66.6 Å². The zero-order valence-corrected chi connectivity index (χ0v) is 23.9. The molecule has 5 rings (SSSR count). The molecule has 1 aliphatic heterocycles. The van der Waals surface area contributed by atoms with Gasteiger partial charge in [-0.25, -0.2) is 4.98 Å². The van der Waals surface area contributed by atoms with Crippen LogP contribution in [0, 0.1) is 12.8 Å². The van der Waals surface area contributed by atoms with Crippen LogP contribution in [-0.2, 0) is 9.59 Å². The lowest BCUT2D eigenvalue weighted by molar-refractivity contribution is -0.142. The molecule has 1 aliphatic rings. The first-order chi connectivity index (χ1) is 19.2. The average molecular weight is 559 g/mol. The van der Waals surface area contributed by atoms with Crippen molar-refractivity contribution in [3.8, 4) is 21.7 Å². The number of pyridine rings is 1. The minimum absolute atomic E-state index is 0.0925. The van der Waals surface area contributed by atoms with Gasteiger partial charge in [-0.05, 0) is 43.0 Å². The molecule has 0 bridgehead atoms. The summed E-state index contributed by atoms with van der Waals surface area (Å²) in [6.07, 6.45) is 4.64. The highest BCUT2D eigenvalue weighted by Crippen LogP contribution is 2.30. The topological polar surface area (TPSA) is 113 Å². The average Bonchev–Trinajstić information content (AvgIpc) is 3.69. The fourth-order valence-corrected chi connectivity index (χ4v) is 6.04. The molecule has 2 amide bonds. The SMILES string of the molecule is Cc1ncsc1-c1ccc([C@H](C)NC(=O)[C@@H]2C[C@@H](O)CN2C(=O)[C@H](C(C)C)n2cc(-c3ccccn3)cn2)cc1. The van der Waals surface area contributed by atoms with Gasteiger partial charge in [-0.15, -0.1) is 11.3 Å². The van der Waals surface area contributed by atoms with Gasteiger partial charge in [0.25, 0.3) is 0 Å². The second kappa shape index (κ2) is 11.7. The Hall–Kier alpha value is -3.89. The first-order valence-corrected chi connectivity index (χ1v) is 14.4. The fourth-order valence-electron chi connectivity index (χ4n) is 5.23. The summed E-state index contributed by atoms with van der Waals surface area (Å²) in [5, 5.41) is 18.0. The van der Waals surface area contributed by atoms with Crippen LogP contribution in [-0.4, -0.2) is 60.3 Å². The molecule has 4 aromatic rings. The third kappa shape index (κ3) is 5.68. The van der Waals surface area contributed by atoms with E-state index in [1.165, 1.54) is 4.90 Å². The van der Waals surface area contributed by atoms with Gasteiger partial charge in [0.05, 0.1) is 40.1 Å². The third-order valence-corrected chi connectivity index (χ3v) is 8.35. The molecule has 0 unspecified atom stereocenters. The normalized spacial score (nSPS) is 18.6. The van der Waals surface area contributed by atoms with Crippen molar-refractivity contribution < 1.29 is 14.7 Å². The molecule has 0 spiro atoms. The molecule has 4 heterocycles. The van der Waals surface area contributed by atoms with Crippen molar-refractivity contribution in [1.82, 2.24) is 30.0 Å². The van der Waals surface area contributed by atoms with E-state index in [1.807, 2.05) is 81.9 Å². The lowest BCUT2D eigenvalue weighted by Gasteiger charge is -2.30. The number of hydrogen-bond donors (Lipinski definition) is 2. The molecule has 0 aliphatic carbocycles. The third-order valence-electron chi connectivity index (χ3n) is 7.37. The van der Waals surface area contributed by atoms with Gasteiger partial charge in [-0.3, -0.25) is 19.3 Å². The number of nitrogens with one attached hydrogen (secondary N) is 1. The number of benzene rings is 1. The maximum absolute atomic E-state index is 13.9. The molecule has 1 aromatic carbocycles. The van der Waals surface area contributed by atoms with Gasteiger partial charge in [-0.2, -0.15) is 5.10 Å². The quantitative estimate of drug-likeness (QED) is 0.331.